The molecular weight excluding hydrogens is 400 g/mol. The van der Waals surface area contributed by atoms with Gasteiger partial charge in [-0.05, 0) is 78.3 Å². The van der Waals surface area contributed by atoms with Crippen LogP contribution in [-0.4, -0.2) is 23.7 Å². The molecule has 0 radical (unpaired) electrons. The van der Waals surface area contributed by atoms with E-state index >= 15 is 0 Å². The summed E-state index contributed by atoms with van der Waals surface area (Å²) in [7, 11) is 0. The average molecular weight is 435 g/mol. The maximum absolute atomic E-state index is 12.7. The number of hydrogen-bond acceptors (Lipinski definition) is 3. The lowest BCUT2D eigenvalue weighted by atomic mass is 9.72. The summed E-state index contributed by atoms with van der Waals surface area (Å²) in [5.74, 6) is -0.927. The van der Waals surface area contributed by atoms with Gasteiger partial charge >= 0.3 is 11.9 Å². The Balaban J connectivity index is 1.78. The van der Waals surface area contributed by atoms with Gasteiger partial charge < -0.3 is 9.84 Å². The second-order valence-corrected chi connectivity index (χ2v) is 9.70. The molecule has 1 aliphatic rings. The fraction of sp³-hybridized carbons (Fsp3) is 0.429. The maximum atomic E-state index is 12.7. The van der Waals surface area contributed by atoms with Crippen LogP contribution in [0.2, 0.25) is 0 Å². The standard InChI is InChI=1S/C28H34O4/c1-5-32-27(31)25(18-19-6-8-23(9-7-19)26(29)30)22-12-10-20(11-13-22)21-14-16-24(17-15-21)28(2,3)4/h6-14,24-25H,5,15-18H2,1-4H3,(H,29,30)/t24-,25?/m0/s1. The Bertz CT molecular complexity index is 962. The lowest BCUT2D eigenvalue weighted by Gasteiger charge is -2.33. The summed E-state index contributed by atoms with van der Waals surface area (Å²) in [6.07, 6.45) is 6.24. The molecular formula is C28H34O4. The number of aromatic carboxylic acids is 1. The van der Waals surface area contributed by atoms with Gasteiger partial charge in [-0.1, -0.05) is 63.2 Å². The number of carbonyl (C=O) groups is 2. The van der Waals surface area contributed by atoms with Crippen LogP contribution >= 0.6 is 0 Å². The van der Waals surface area contributed by atoms with Crippen LogP contribution in [0.1, 0.15) is 79.9 Å². The number of rotatable bonds is 7. The van der Waals surface area contributed by atoms with Crippen molar-refractivity contribution in [1.29, 1.82) is 0 Å². The van der Waals surface area contributed by atoms with Crippen molar-refractivity contribution in [3.05, 3.63) is 76.9 Å². The van der Waals surface area contributed by atoms with Gasteiger partial charge in [0.2, 0.25) is 0 Å². The highest BCUT2D eigenvalue weighted by Gasteiger charge is 2.27. The van der Waals surface area contributed by atoms with Crippen LogP contribution < -0.4 is 0 Å². The number of carboxylic acids is 1. The normalized spacial score (nSPS) is 17.4. The molecule has 0 bridgehead atoms. The minimum atomic E-state index is -0.958. The highest BCUT2D eigenvalue weighted by atomic mass is 16.5. The summed E-state index contributed by atoms with van der Waals surface area (Å²) < 4.78 is 5.34. The molecule has 170 valence electrons. The summed E-state index contributed by atoms with van der Waals surface area (Å²) in [6.45, 7) is 9.08. The molecule has 0 amide bonds. The zero-order valence-electron chi connectivity index (χ0n) is 19.6. The summed E-state index contributed by atoms with van der Waals surface area (Å²) in [5.41, 5.74) is 4.99. The molecule has 0 saturated heterocycles. The van der Waals surface area contributed by atoms with E-state index in [1.807, 2.05) is 12.1 Å². The third-order valence-electron chi connectivity index (χ3n) is 6.53. The molecule has 4 heteroatoms. The molecule has 1 aliphatic carbocycles. The van der Waals surface area contributed by atoms with Crippen molar-refractivity contribution >= 4 is 17.5 Å². The Morgan fingerprint density at radius 3 is 2.22 bits per heavy atom. The first-order valence-corrected chi connectivity index (χ1v) is 11.5. The minimum Gasteiger partial charge on any atom is -0.478 e. The predicted octanol–water partition coefficient (Wildman–Crippen LogP) is 6.50. The number of allylic oxidation sites excluding steroid dienone is 2. The van der Waals surface area contributed by atoms with Crippen LogP contribution in [0.15, 0.2) is 54.6 Å². The van der Waals surface area contributed by atoms with E-state index in [1.165, 1.54) is 17.6 Å². The smallest absolute Gasteiger partial charge is 0.335 e. The quantitative estimate of drug-likeness (QED) is 0.505. The number of carboxylic acid groups (broad SMARTS) is 1. The molecule has 1 unspecified atom stereocenters. The zero-order valence-corrected chi connectivity index (χ0v) is 19.6. The third-order valence-corrected chi connectivity index (χ3v) is 6.53. The van der Waals surface area contributed by atoms with Gasteiger partial charge in [-0.15, -0.1) is 0 Å². The fourth-order valence-electron chi connectivity index (χ4n) is 4.41. The summed E-state index contributed by atoms with van der Waals surface area (Å²) in [6, 6.07) is 15.0. The van der Waals surface area contributed by atoms with E-state index < -0.39 is 11.9 Å². The summed E-state index contributed by atoms with van der Waals surface area (Å²) in [4.78, 5) is 23.8. The lowest BCUT2D eigenvalue weighted by molar-refractivity contribution is -0.144. The van der Waals surface area contributed by atoms with Crippen molar-refractivity contribution in [2.45, 2.75) is 59.3 Å². The Kier molecular flexibility index (Phi) is 7.55. The molecule has 4 nitrogen and oxygen atoms in total. The van der Waals surface area contributed by atoms with E-state index in [9.17, 15) is 9.59 Å². The van der Waals surface area contributed by atoms with Crippen molar-refractivity contribution in [1.82, 2.24) is 0 Å². The highest BCUT2D eigenvalue weighted by Crippen LogP contribution is 2.39. The van der Waals surface area contributed by atoms with Crippen molar-refractivity contribution in [3.8, 4) is 0 Å². The minimum absolute atomic E-state index is 0.236. The van der Waals surface area contributed by atoms with Gasteiger partial charge in [0.25, 0.3) is 0 Å². The van der Waals surface area contributed by atoms with E-state index in [-0.39, 0.29) is 11.5 Å². The number of hydrogen-bond donors (Lipinski definition) is 1. The SMILES string of the molecule is CCOC(=O)C(Cc1ccc(C(=O)O)cc1)c1ccc(C2=CC[C@H](C(C)(C)C)CC2)cc1. The molecule has 2 aromatic rings. The topological polar surface area (TPSA) is 63.6 Å². The van der Waals surface area contributed by atoms with Crippen molar-refractivity contribution in [2.24, 2.45) is 11.3 Å². The van der Waals surface area contributed by atoms with Crippen LogP contribution in [0.4, 0.5) is 0 Å². The largest absolute Gasteiger partial charge is 0.478 e. The molecule has 0 spiro atoms. The van der Waals surface area contributed by atoms with Crippen molar-refractivity contribution in [3.63, 3.8) is 0 Å². The second kappa shape index (κ2) is 10.2. The number of carbonyl (C=O) groups excluding carboxylic acids is 1. The Morgan fingerprint density at radius 1 is 1.06 bits per heavy atom. The number of benzene rings is 2. The third kappa shape index (κ3) is 5.87. The Labute approximate surface area is 191 Å². The second-order valence-electron chi connectivity index (χ2n) is 9.70. The van der Waals surface area contributed by atoms with Crippen LogP contribution in [0.25, 0.3) is 5.57 Å². The lowest BCUT2D eigenvalue weighted by Crippen LogP contribution is -2.22. The first-order valence-electron chi connectivity index (χ1n) is 11.5. The molecule has 0 aromatic heterocycles. The van der Waals surface area contributed by atoms with Gasteiger partial charge in [-0.3, -0.25) is 4.79 Å². The Hall–Kier alpha value is -2.88. The molecule has 32 heavy (non-hydrogen) atoms. The van der Waals surface area contributed by atoms with Gasteiger partial charge in [-0.2, -0.15) is 0 Å². The van der Waals surface area contributed by atoms with Gasteiger partial charge in [0.15, 0.2) is 0 Å². The van der Waals surface area contributed by atoms with Crippen LogP contribution in [0, 0.1) is 11.3 Å². The molecule has 2 atom stereocenters. The monoisotopic (exact) mass is 434 g/mol. The molecule has 0 fully saturated rings. The first kappa shape index (κ1) is 23.8. The van der Waals surface area contributed by atoms with Gasteiger partial charge in [-0.25, -0.2) is 4.79 Å². The van der Waals surface area contributed by atoms with Crippen LogP contribution in [0.3, 0.4) is 0 Å². The van der Waals surface area contributed by atoms with E-state index in [0.717, 1.165) is 24.0 Å². The van der Waals surface area contributed by atoms with E-state index in [1.54, 1.807) is 31.2 Å². The highest BCUT2D eigenvalue weighted by molar-refractivity contribution is 5.87. The molecule has 0 heterocycles. The molecule has 1 N–H and O–H groups in total. The molecule has 0 saturated carbocycles. The molecule has 2 aromatic carbocycles. The van der Waals surface area contributed by atoms with Gasteiger partial charge in [0.05, 0.1) is 18.1 Å². The van der Waals surface area contributed by atoms with Crippen molar-refractivity contribution < 1.29 is 19.4 Å². The maximum Gasteiger partial charge on any atom is 0.335 e. The van der Waals surface area contributed by atoms with Gasteiger partial charge in [0.1, 0.15) is 0 Å². The predicted molar refractivity (Wildman–Crippen MR) is 128 cm³/mol. The molecule has 0 aliphatic heterocycles. The van der Waals surface area contributed by atoms with Gasteiger partial charge in [0, 0.05) is 0 Å². The fourth-order valence-corrected chi connectivity index (χ4v) is 4.41. The van der Waals surface area contributed by atoms with Crippen LogP contribution in [0.5, 0.6) is 0 Å². The first-order chi connectivity index (χ1) is 15.2. The number of ether oxygens (including phenoxy) is 1. The summed E-state index contributed by atoms with van der Waals surface area (Å²) in [5, 5.41) is 9.10. The molecule has 3 rings (SSSR count). The number of esters is 1. The average Bonchev–Trinajstić information content (AvgIpc) is 2.77. The van der Waals surface area contributed by atoms with Crippen molar-refractivity contribution in [2.75, 3.05) is 6.61 Å². The summed E-state index contributed by atoms with van der Waals surface area (Å²) >= 11 is 0. The Morgan fingerprint density at radius 2 is 1.72 bits per heavy atom. The van der Waals surface area contributed by atoms with E-state index in [0.29, 0.717) is 24.4 Å². The van der Waals surface area contributed by atoms with Crippen LogP contribution in [-0.2, 0) is 16.0 Å². The van der Waals surface area contributed by atoms with E-state index in [4.69, 9.17) is 9.84 Å². The van der Waals surface area contributed by atoms with E-state index in [2.05, 4.69) is 39.0 Å². The zero-order chi connectivity index (χ0) is 23.3.